The summed E-state index contributed by atoms with van der Waals surface area (Å²) >= 11 is 0. The van der Waals surface area contributed by atoms with Gasteiger partial charge in [0.05, 0.1) is 6.26 Å². The third-order valence-corrected chi connectivity index (χ3v) is 4.66. The summed E-state index contributed by atoms with van der Waals surface area (Å²) in [4.78, 5) is 13.7. The van der Waals surface area contributed by atoms with Crippen LogP contribution in [0, 0.1) is 6.07 Å². The van der Waals surface area contributed by atoms with E-state index in [2.05, 4.69) is 36.4 Å². The number of nitrogens with one attached hydrogen (secondary N) is 3. The SMILES string of the molecule is CN(C)c1nc(NCCNS(C)(=O)=O)nc(Nc2[c-]ccc(S(=O)(=O)[O-])c2)n1.[Na+].[Na+]. The fourth-order valence-electron chi connectivity index (χ4n) is 1.90. The van der Waals surface area contributed by atoms with Crippen molar-refractivity contribution in [2.24, 2.45) is 0 Å². The number of hydrogen-bond donors (Lipinski definition) is 3. The topological polar surface area (TPSA) is 169 Å². The third kappa shape index (κ3) is 10.2. The zero-order valence-corrected chi connectivity index (χ0v) is 22.9. The minimum absolute atomic E-state index is 0. The minimum Gasteiger partial charge on any atom is -0.746 e. The van der Waals surface area contributed by atoms with Gasteiger partial charge in [-0.2, -0.15) is 33.2 Å². The first-order valence-corrected chi connectivity index (χ1v) is 11.1. The van der Waals surface area contributed by atoms with Crippen LogP contribution in [0.3, 0.4) is 0 Å². The molecule has 2 aromatic rings. The van der Waals surface area contributed by atoms with Crippen molar-refractivity contribution in [3.63, 3.8) is 0 Å². The second kappa shape index (κ2) is 12.5. The fourth-order valence-corrected chi connectivity index (χ4v) is 2.87. The monoisotopic (exact) mass is 475 g/mol. The van der Waals surface area contributed by atoms with Crippen molar-refractivity contribution >= 4 is 43.7 Å². The van der Waals surface area contributed by atoms with E-state index in [0.717, 1.165) is 18.4 Å². The zero-order chi connectivity index (χ0) is 20.9. The van der Waals surface area contributed by atoms with Gasteiger partial charge in [-0.25, -0.2) is 21.6 Å². The van der Waals surface area contributed by atoms with E-state index in [4.69, 9.17) is 0 Å². The predicted molar refractivity (Wildman–Crippen MR) is 102 cm³/mol. The van der Waals surface area contributed by atoms with Gasteiger partial charge in [-0.15, -0.1) is 6.07 Å². The molecule has 0 aliphatic carbocycles. The van der Waals surface area contributed by atoms with E-state index in [1.165, 1.54) is 6.07 Å². The van der Waals surface area contributed by atoms with Crippen LogP contribution in [0.25, 0.3) is 0 Å². The van der Waals surface area contributed by atoms with Gasteiger partial charge < -0.3 is 20.1 Å². The summed E-state index contributed by atoms with van der Waals surface area (Å²) in [5.41, 5.74) is 0.178. The van der Waals surface area contributed by atoms with Gasteiger partial charge in [-0.05, 0) is 0 Å². The van der Waals surface area contributed by atoms with Crippen molar-refractivity contribution in [1.29, 1.82) is 0 Å². The van der Waals surface area contributed by atoms with Gasteiger partial charge in [0, 0.05) is 27.2 Å². The maximum atomic E-state index is 11.1. The molecule has 0 saturated carbocycles. The van der Waals surface area contributed by atoms with E-state index in [-0.39, 0.29) is 89.8 Å². The maximum absolute atomic E-state index is 11.1. The Morgan fingerprint density at radius 2 is 1.70 bits per heavy atom. The van der Waals surface area contributed by atoms with E-state index in [9.17, 15) is 21.4 Å². The molecule has 154 valence electrons. The summed E-state index contributed by atoms with van der Waals surface area (Å²) < 4.78 is 57.9. The number of hydrogen-bond acceptors (Lipinski definition) is 11. The van der Waals surface area contributed by atoms with Crippen LogP contribution in [-0.4, -0.2) is 69.8 Å². The van der Waals surface area contributed by atoms with Gasteiger partial charge in [-0.3, -0.25) is 0 Å². The van der Waals surface area contributed by atoms with Crippen LogP contribution in [0.1, 0.15) is 0 Å². The summed E-state index contributed by atoms with van der Waals surface area (Å²) in [7, 11) is -4.50. The van der Waals surface area contributed by atoms with Crippen LogP contribution in [0.15, 0.2) is 23.1 Å². The van der Waals surface area contributed by atoms with Gasteiger partial charge in [0.25, 0.3) is 0 Å². The number of aromatic nitrogens is 3. The predicted octanol–water partition coefficient (Wildman–Crippen LogP) is -6.65. The van der Waals surface area contributed by atoms with Crippen LogP contribution in [-0.2, 0) is 20.1 Å². The Morgan fingerprint density at radius 1 is 1.07 bits per heavy atom. The first kappa shape index (κ1) is 29.5. The molecule has 16 heteroatoms. The Labute approximate surface area is 220 Å². The molecule has 0 bridgehead atoms. The zero-order valence-electron chi connectivity index (χ0n) is 17.3. The molecule has 0 radical (unpaired) electrons. The number of sulfonamides is 1. The largest absolute Gasteiger partial charge is 1.00 e. The quantitative estimate of drug-likeness (QED) is 0.136. The van der Waals surface area contributed by atoms with Crippen LogP contribution in [0.5, 0.6) is 0 Å². The first-order valence-electron chi connectivity index (χ1n) is 7.80. The fraction of sp³-hybridized carbons (Fsp3) is 0.357. The van der Waals surface area contributed by atoms with Crippen LogP contribution >= 0.6 is 0 Å². The molecule has 0 fully saturated rings. The Morgan fingerprint density at radius 3 is 2.27 bits per heavy atom. The summed E-state index contributed by atoms with van der Waals surface area (Å²) in [5, 5.41) is 5.63. The van der Waals surface area contributed by atoms with Gasteiger partial charge in [0.15, 0.2) is 0 Å². The molecule has 12 nitrogen and oxygen atoms in total. The van der Waals surface area contributed by atoms with Crippen LogP contribution in [0.4, 0.5) is 23.5 Å². The van der Waals surface area contributed by atoms with Gasteiger partial charge >= 0.3 is 59.1 Å². The van der Waals surface area contributed by atoms with Crippen molar-refractivity contribution in [3.8, 4) is 0 Å². The van der Waals surface area contributed by atoms with Gasteiger partial charge in [0.2, 0.25) is 27.9 Å². The molecule has 1 aromatic carbocycles. The molecule has 0 saturated heterocycles. The number of nitrogens with zero attached hydrogens (tertiary/aromatic N) is 4. The van der Waals surface area contributed by atoms with Crippen molar-refractivity contribution in [2.75, 3.05) is 49.0 Å². The average molecular weight is 475 g/mol. The van der Waals surface area contributed by atoms with Gasteiger partial charge in [-0.1, -0.05) is 10.6 Å². The summed E-state index contributed by atoms with van der Waals surface area (Å²) in [6.45, 7) is 0.348. The molecule has 1 aromatic heterocycles. The molecule has 0 aliphatic rings. The van der Waals surface area contributed by atoms with E-state index < -0.39 is 25.0 Å². The van der Waals surface area contributed by atoms with Gasteiger partial charge in [0.1, 0.15) is 10.1 Å². The molecule has 0 amide bonds. The normalized spacial score (nSPS) is 11.1. The molecule has 1 heterocycles. The smallest absolute Gasteiger partial charge is 0.746 e. The number of benzene rings is 1. The van der Waals surface area contributed by atoms with Crippen molar-refractivity contribution in [3.05, 3.63) is 24.3 Å². The standard InChI is InChI=1S/C14H20N7O5S2.2Na/c1-21(2)14-19-12(15-7-8-16-27(3,22)23)18-13(20-14)17-10-5-4-6-11(9-10)28(24,25)26;;/h4,6,9,16H,7-8H2,1-3H3,(H,24,25,26)(H2,15,17,18,19,20);;/q-1;2*+1/p-1. The molecule has 2 rings (SSSR count). The van der Waals surface area contributed by atoms with Crippen molar-refractivity contribution in [1.82, 2.24) is 19.7 Å². The Kier molecular flexibility index (Phi) is 12.2. The minimum atomic E-state index is -4.61. The molecule has 3 N–H and O–H groups in total. The third-order valence-electron chi connectivity index (χ3n) is 3.10. The average Bonchev–Trinajstić information content (AvgIpc) is 2.57. The second-order valence-electron chi connectivity index (χ2n) is 5.79. The maximum Gasteiger partial charge on any atom is 1.00 e. The van der Waals surface area contributed by atoms with E-state index in [1.54, 1.807) is 19.0 Å². The summed E-state index contributed by atoms with van der Waals surface area (Å²) in [6.07, 6.45) is 1.05. The Bertz CT molecular complexity index is 1050. The summed E-state index contributed by atoms with van der Waals surface area (Å²) in [5.74, 6) is 0.543. The first-order chi connectivity index (χ1) is 12.9. The van der Waals surface area contributed by atoms with Crippen LogP contribution in [0.2, 0.25) is 0 Å². The Balaban J connectivity index is 0.00000420. The van der Waals surface area contributed by atoms with Crippen LogP contribution < -0.4 is 79.4 Å². The van der Waals surface area contributed by atoms with E-state index in [0.29, 0.717) is 5.95 Å². The van der Waals surface area contributed by atoms with Crippen molar-refractivity contribution in [2.45, 2.75) is 4.90 Å². The molecule has 30 heavy (non-hydrogen) atoms. The number of anilines is 4. The van der Waals surface area contributed by atoms with E-state index in [1.807, 2.05) is 0 Å². The molecule has 0 aliphatic heterocycles. The van der Waals surface area contributed by atoms with Crippen molar-refractivity contribution < 1.29 is 80.5 Å². The molecular weight excluding hydrogens is 456 g/mol. The molecule has 0 unspecified atom stereocenters. The molecule has 0 spiro atoms. The van der Waals surface area contributed by atoms with E-state index >= 15 is 0 Å². The second-order valence-corrected chi connectivity index (χ2v) is 9.00. The number of rotatable bonds is 9. The Hall–Kier alpha value is -0.550. The molecule has 0 atom stereocenters. The molecular formula is C14H19N7Na2O5S2. The summed E-state index contributed by atoms with van der Waals surface area (Å²) in [6, 6.07) is 6.28.